The average molecular weight is 283 g/mol. The van der Waals surface area contributed by atoms with Gasteiger partial charge in [-0.1, -0.05) is 26.0 Å². The van der Waals surface area contributed by atoms with Crippen molar-refractivity contribution in [3.8, 4) is 0 Å². The minimum Gasteiger partial charge on any atom is -0.478 e. The highest BCUT2D eigenvalue weighted by Gasteiger charge is 2.20. The summed E-state index contributed by atoms with van der Waals surface area (Å²) in [6.07, 6.45) is 2.42. The van der Waals surface area contributed by atoms with Gasteiger partial charge in [-0.05, 0) is 23.8 Å². The molecule has 0 bridgehead atoms. The Kier molecular flexibility index (Phi) is 5.26. The van der Waals surface area contributed by atoms with Crippen LogP contribution in [0.3, 0.4) is 0 Å². The first kappa shape index (κ1) is 15.4. The van der Waals surface area contributed by atoms with Gasteiger partial charge in [-0.25, -0.2) is 13.2 Å². The third-order valence-corrected chi connectivity index (χ3v) is 4.71. The van der Waals surface area contributed by atoms with Crippen molar-refractivity contribution in [2.75, 3.05) is 13.1 Å². The van der Waals surface area contributed by atoms with Crippen molar-refractivity contribution in [1.29, 1.82) is 0 Å². The van der Waals surface area contributed by atoms with Crippen LogP contribution in [0.25, 0.3) is 6.08 Å². The maximum Gasteiger partial charge on any atom is 0.328 e. The highest BCUT2D eigenvalue weighted by atomic mass is 32.2. The van der Waals surface area contributed by atoms with E-state index in [1.807, 2.05) is 0 Å². The van der Waals surface area contributed by atoms with E-state index in [0.717, 1.165) is 6.08 Å². The number of hydrogen-bond donors (Lipinski definition) is 1. The zero-order valence-electron chi connectivity index (χ0n) is 10.9. The zero-order chi connectivity index (χ0) is 14.5. The number of benzene rings is 1. The third-order valence-electron chi connectivity index (χ3n) is 2.64. The molecule has 0 aliphatic carbocycles. The second-order valence-electron chi connectivity index (χ2n) is 3.83. The first-order valence-electron chi connectivity index (χ1n) is 5.93. The lowest BCUT2D eigenvalue weighted by Crippen LogP contribution is -2.30. The van der Waals surface area contributed by atoms with Crippen LogP contribution in [0.15, 0.2) is 35.2 Å². The second-order valence-corrected chi connectivity index (χ2v) is 5.77. The van der Waals surface area contributed by atoms with Gasteiger partial charge in [0.1, 0.15) is 0 Å². The van der Waals surface area contributed by atoms with Crippen LogP contribution in [0.2, 0.25) is 0 Å². The molecule has 0 fully saturated rings. The fourth-order valence-corrected chi connectivity index (χ4v) is 3.09. The Bertz CT molecular complexity index is 557. The molecule has 5 nitrogen and oxygen atoms in total. The Morgan fingerprint density at radius 2 is 1.74 bits per heavy atom. The van der Waals surface area contributed by atoms with Gasteiger partial charge in [-0.2, -0.15) is 4.31 Å². The van der Waals surface area contributed by atoms with Gasteiger partial charge in [0.25, 0.3) is 0 Å². The molecule has 104 valence electrons. The van der Waals surface area contributed by atoms with Gasteiger partial charge in [0.05, 0.1) is 4.90 Å². The molecule has 0 atom stereocenters. The number of carboxylic acids is 1. The number of carboxylic acid groups (broad SMARTS) is 1. The van der Waals surface area contributed by atoms with E-state index in [2.05, 4.69) is 0 Å². The lowest BCUT2D eigenvalue weighted by molar-refractivity contribution is -0.131. The van der Waals surface area contributed by atoms with E-state index in [1.165, 1.54) is 22.5 Å². The van der Waals surface area contributed by atoms with E-state index in [9.17, 15) is 13.2 Å². The maximum atomic E-state index is 12.2. The number of carbonyl (C=O) groups is 1. The fraction of sp³-hybridized carbons (Fsp3) is 0.308. The normalized spacial score (nSPS) is 12.2. The van der Waals surface area contributed by atoms with Crippen LogP contribution in [-0.2, 0) is 14.8 Å². The Morgan fingerprint density at radius 3 is 2.16 bits per heavy atom. The molecule has 0 aliphatic rings. The lowest BCUT2D eigenvalue weighted by atomic mass is 10.2. The number of nitrogens with zero attached hydrogens (tertiary/aromatic N) is 1. The third kappa shape index (κ3) is 3.90. The van der Waals surface area contributed by atoms with Crippen LogP contribution in [0, 0.1) is 0 Å². The minimum absolute atomic E-state index is 0.212. The van der Waals surface area contributed by atoms with Gasteiger partial charge in [0.2, 0.25) is 10.0 Å². The predicted molar refractivity (Wildman–Crippen MR) is 73.2 cm³/mol. The van der Waals surface area contributed by atoms with Gasteiger partial charge in [0, 0.05) is 19.2 Å². The molecule has 1 aromatic carbocycles. The van der Waals surface area contributed by atoms with Gasteiger partial charge in [-0.3, -0.25) is 0 Å². The molecule has 6 heteroatoms. The van der Waals surface area contributed by atoms with Crippen LogP contribution in [0.1, 0.15) is 19.4 Å². The molecule has 1 N–H and O–H groups in total. The Hall–Kier alpha value is -1.66. The Balaban J connectivity index is 3.02. The molecule has 0 saturated carbocycles. The number of sulfonamides is 1. The summed E-state index contributed by atoms with van der Waals surface area (Å²) >= 11 is 0. The summed E-state index contributed by atoms with van der Waals surface area (Å²) in [4.78, 5) is 10.6. The van der Waals surface area contributed by atoms with Gasteiger partial charge in [0.15, 0.2) is 0 Å². The lowest BCUT2D eigenvalue weighted by Gasteiger charge is -2.18. The highest BCUT2D eigenvalue weighted by Crippen LogP contribution is 2.16. The zero-order valence-corrected chi connectivity index (χ0v) is 11.7. The molecule has 0 unspecified atom stereocenters. The molecule has 0 saturated heterocycles. The van der Waals surface area contributed by atoms with Crippen molar-refractivity contribution in [1.82, 2.24) is 4.31 Å². The molecule has 19 heavy (non-hydrogen) atoms. The standard InChI is InChI=1S/C13H17NO4S/c1-3-14(4-2)19(17,18)12-8-5-11(6-9-12)7-10-13(15)16/h5-10H,3-4H2,1-2H3,(H,15,16)/b10-7+. The summed E-state index contributed by atoms with van der Waals surface area (Å²) in [5, 5.41) is 8.51. The smallest absolute Gasteiger partial charge is 0.328 e. The van der Waals surface area contributed by atoms with Crippen LogP contribution in [0.4, 0.5) is 0 Å². The molecule has 0 amide bonds. The predicted octanol–water partition coefficient (Wildman–Crippen LogP) is 1.81. The van der Waals surface area contributed by atoms with Crippen LogP contribution in [-0.4, -0.2) is 36.9 Å². The monoisotopic (exact) mass is 283 g/mol. The van der Waals surface area contributed by atoms with E-state index in [-0.39, 0.29) is 4.90 Å². The van der Waals surface area contributed by atoms with Crippen molar-refractivity contribution < 1.29 is 18.3 Å². The summed E-state index contributed by atoms with van der Waals surface area (Å²) in [6.45, 7) is 4.40. The molecule has 0 heterocycles. The Morgan fingerprint density at radius 1 is 1.21 bits per heavy atom. The average Bonchev–Trinajstić information content (AvgIpc) is 2.38. The fourth-order valence-electron chi connectivity index (χ4n) is 1.63. The number of hydrogen-bond acceptors (Lipinski definition) is 3. The molecule has 1 rings (SSSR count). The SMILES string of the molecule is CCN(CC)S(=O)(=O)c1ccc(/C=C/C(=O)O)cc1. The summed E-state index contributed by atoms with van der Waals surface area (Å²) in [5.74, 6) is -1.04. The first-order valence-corrected chi connectivity index (χ1v) is 7.37. The molecular formula is C13H17NO4S. The van der Waals surface area contributed by atoms with Gasteiger partial charge < -0.3 is 5.11 Å². The van der Waals surface area contributed by atoms with Crippen molar-refractivity contribution in [2.24, 2.45) is 0 Å². The second kappa shape index (κ2) is 6.49. The summed E-state index contributed by atoms with van der Waals surface area (Å²) in [7, 11) is -3.46. The van der Waals surface area contributed by atoms with E-state index >= 15 is 0 Å². The topological polar surface area (TPSA) is 74.7 Å². The number of rotatable bonds is 6. The first-order chi connectivity index (χ1) is 8.91. The van der Waals surface area contributed by atoms with Gasteiger partial charge in [-0.15, -0.1) is 0 Å². The van der Waals surface area contributed by atoms with Crippen LogP contribution >= 0.6 is 0 Å². The molecule has 0 aliphatic heterocycles. The van der Waals surface area contributed by atoms with E-state index < -0.39 is 16.0 Å². The minimum atomic E-state index is -3.46. The van der Waals surface area contributed by atoms with Crippen molar-refractivity contribution in [3.63, 3.8) is 0 Å². The largest absolute Gasteiger partial charge is 0.478 e. The molecule has 0 spiro atoms. The summed E-state index contributed by atoms with van der Waals surface area (Å²) < 4.78 is 25.7. The summed E-state index contributed by atoms with van der Waals surface area (Å²) in [5.41, 5.74) is 0.640. The Labute approximate surface area is 113 Å². The van der Waals surface area contributed by atoms with E-state index in [4.69, 9.17) is 5.11 Å². The van der Waals surface area contributed by atoms with Crippen LogP contribution in [0.5, 0.6) is 0 Å². The van der Waals surface area contributed by atoms with E-state index in [1.54, 1.807) is 26.0 Å². The quantitative estimate of drug-likeness (QED) is 0.808. The molecule has 1 aromatic rings. The van der Waals surface area contributed by atoms with Crippen molar-refractivity contribution in [3.05, 3.63) is 35.9 Å². The van der Waals surface area contributed by atoms with Crippen molar-refractivity contribution >= 4 is 22.1 Å². The molecular weight excluding hydrogens is 266 g/mol. The maximum absolute atomic E-state index is 12.2. The molecule has 0 aromatic heterocycles. The number of aliphatic carboxylic acids is 1. The summed E-state index contributed by atoms with van der Waals surface area (Å²) in [6, 6.07) is 6.12. The van der Waals surface area contributed by atoms with E-state index in [0.29, 0.717) is 18.7 Å². The van der Waals surface area contributed by atoms with Gasteiger partial charge >= 0.3 is 5.97 Å². The van der Waals surface area contributed by atoms with Crippen LogP contribution < -0.4 is 0 Å². The molecule has 0 radical (unpaired) electrons. The highest BCUT2D eigenvalue weighted by molar-refractivity contribution is 7.89. The van der Waals surface area contributed by atoms with Crippen molar-refractivity contribution in [2.45, 2.75) is 18.7 Å².